The van der Waals surface area contributed by atoms with Crippen molar-refractivity contribution in [2.24, 2.45) is 0 Å². The summed E-state index contributed by atoms with van der Waals surface area (Å²) >= 11 is 1.66. The highest BCUT2D eigenvalue weighted by Crippen LogP contribution is 2.16. The van der Waals surface area contributed by atoms with E-state index in [2.05, 4.69) is 24.1 Å². The SMILES string of the molecule is CCCC(C)(CO)NCc1scnc1C. The average Bonchev–Trinajstić information content (AvgIpc) is 2.62. The zero-order valence-corrected chi connectivity index (χ0v) is 10.5. The number of nitrogens with zero attached hydrogens (tertiary/aromatic N) is 1. The van der Waals surface area contributed by atoms with E-state index < -0.39 is 0 Å². The van der Waals surface area contributed by atoms with Crippen molar-refractivity contribution in [1.82, 2.24) is 10.3 Å². The van der Waals surface area contributed by atoms with Gasteiger partial charge in [-0.1, -0.05) is 13.3 Å². The van der Waals surface area contributed by atoms with E-state index in [1.807, 2.05) is 12.4 Å². The second kappa shape index (κ2) is 5.58. The van der Waals surface area contributed by atoms with Crippen LogP contribution in [0.3, 0.4) is 0 Å². The van der Waals surface area contributed by atoms with Crippen LogP contribution in [0.15, 0.2) is 5.51 Å². The summed E-state index contributed by atoms with van der Waals surface area (Å²) in [4.78, 5) is 5.46. The summed E-state index contributed by atoms with van der Waals surface area (Å²) in [5, 5.41) is 12.7. The summed E-state index contributed by atoms with van der Waals surface area (Å²) in [7, 11) is 0. The number of aromatic nitrogens is 1. The highest BCUT2D eigenvalue weighted by Gasteiger charge is 2.21. The third-order valence-corrected chi connectivity index (χ3v) is 3.61. The molecule has 0 aliphatic heterocycles. The predicted octanol–water partition coefficient (Wildman–Crippen LogP) is 2.09. The molecule has 1 unspecified atom stereocenters. The van der Waals surface area contributed by atoms with Gasteiger partial charge < -0.3 is 10.4 Å². The first kappa shape index (κ1) is 12.6. The van der Waals surface area contributed by atoms with E-state index in [4.69, 9.17) is 0 Å². The van der Waals surface area contributed by atoms with E-state index in [1.165, 1.54) is 4.88 Å². The van der Waals surface area contributed by atoms with Crippen molar-refractivity contribution in [2.45, 2.75) is 45.7 Å². The molecule has 0 amide bonds. The summed E-state index contributed by atoms with van der Waals surface area (Å²) < 4.78 is 0. The Labute approximate surface area is 95.6 Å². The second-order valence-corrected chi connectivity index (χ2v) is 5.12. The van der Waals surface area contributed by atoms with Crippen LogP contribution >= 0.6 is 11.3 Å². The monoisotopic (exact) mass is 228 g/mol. The maximum atomic E-state index is 9.34. The topological polar surface area (TPSA) is 45.1 Å². The van der Waals surface area contributed by atoms with Gasteiger partial charge in [0.05, 0.1) is 17.8 Å². The van der Waals surface area contributed by atoms with Crippen LogP contribution in [0, 0.1) is 6.92 Å². The third kappa shape index (κ3) is 3.55. The second-order valence-electron chi connectivity index (χ2n) is 4.18. The van der Waals surface area contributed by atoms with E-state index in [-0.39, 0.29) is 12.1 Å². The summed E-state index contributed by atoms with van der Waals surface area (Å²) in [5.74, 6) is 0. The van der Waals surface area contributed by atoms with Crippen LogP contribution in [-0.4, -0.2) is 22.2 Å². The van der Waals surface area contributed by atoms with Crippen LogP contribution in [0.4, 0.5) is 0 Å². The zero-order chi connectivity index (χ0) is 11.3. The highest BCUT2D eigenvalue weighted by molar-refractivity contribution is 7.09. The fourth-order valence-corrected chi connectivity index (χ4v) is 2.28. The van der Waals surface area contributed by atoms with Crippen molar-refractivity contribution in [3.8, 4) is 0 Å². The molecule has 0 aliphatic rings. The van der Waals surface area contributed by atoms with Gasteiger partial charge in [0.15, 0.2) is 0 Å². The van der Waals surface area contributed by atoms with E-state index in [0.717, 1.165) is 25.1 Å². The van der Waals surface area contributed by atoms with Gasteiger partial charge in [0.2, 0.25) is 0 Å². The van der Waals surface area contributed by atoms with Crippen molar-refractivity contribution >= 4 is 11.3 Å². The van der Waals surface area contributed by atoms with Gasteiger partial charge in [0.1, 0.15) is 0 Å². The smallest absolute Gasteiger partial charge is 0.0798 e. The largest absolute Gasteiger partial charge is 0.394 e. The molecule has 86 valence electrons. The summed E-state index contributed by atoms with van der Waals surface area (Å²) in [6.45, 7) is 7.19. The van der Waals surface area contributed by atoms with E-state index in [9.17, 15) is 5.11 Å². The maximum absolute atomic E-state index is 9.34. The maximum Gasteiger partial charge on any atom is 0.0798 e. The lowest BCUT2D eigenvalue weighted by Crippen LogP contribution is -2.45. The first-order valence-electron chi connectivity index (χ1n) is 5.36. The van der Waals surface area contributed by atoms with Gasteiger partial charge in [-0.3, -0.25) is 0 Å². The predicted molar refractivity (Wildman–Crippen MR) is 64.1 cm³/mol. The number of nitrogens with one attached hydrogen (secondary N) is 1. The van der Waals surface area contributed by atoms with Gasteiger partial charge in [-0.25, -0.2) is 4.98 Å². The van der Waals surface area contributed by atoms with Gasteiger partial charge in [0.25, 0.3) is 0 Å². The molecule has 15 heavy (non-hydrogen) atoms. The van der Waals surface area contributed by atoms with Gasteiger partial charge in [-0.05, 0) is 20.3 Å². The van der Waals surface area contributed by atoms with Gasteiger partial charge >= 0.3 is 0 Å². The first-order valence-corrected chi connectivity index (χ1v) is 6.24. The Morgan fingerprint density at radius 3 is 2.80 bits per heavy atom. The van der Waals surface area contributed by atoms with Gasteiger partial charge in [-0.2, -0.15) is 0 Å². The molecule has 1 atom stereocenters. The molecular formula is C11H20N2OS. The Balaban J connectivity index is 2.51. The molecule has 1 aromatic heterocycles. The van der Waals surface area contributed by atoms with Crippen LogP contribution in [0.5, 0.6) is 0 Å². The summed E-state index contributed by atoms with van der Waals surface area (Å²) in [6, 6.07) is 0. The van der Waals surface area contributed by atoms with Crippen molar-refractivity contribution in [3.63, 3.8) is 0 Å². The molecule has 0 radical (unpaired) electrons. The lowest BCUT2D eigenvalue weighted by Gasteiger charge is -2.28. The minimum atomic E-state index is -0.162. The quantitative estimate of drug-likeness (QED) is 0.783. The Morgan fingerprint density at radius 1 is 1.60 bits per heavy atom. The number of aliphatic hydroxyl groups excluding tert-OH is 1. The molecule has 1 heterocycles. The molecule has 3 nitrogen and oxygen atoms in total. The Bertz CT molecular complexity index is 301. The third-order valence-electron chi connectivity index (χ3n) is 2.67. The standard InChI is InChI=1S/C11H20N2OS/c1-4-5-11(3,7-14)13-6-10-9(2)12-8-15-10/h8,13-14H,4-7H2,1-3H3. The molecule has 0 bridgehead atoms. The van der Waals surface area contributed by atoms with E-state index in [1.54, 1.807) is 11.3 Å². The van der Waals surface area contributed by atoms with Crippen LogP contribution < -0.4 is 5.32 Å². The number of aliphatic hydroxyl groups is 1. The first-order chi connectivity index (χ1) is 7.11. The molecule has 0 fully saturated rings. The molecule has 4 heteroatoms. The van der Waals surface area contributed by atoms with Gasteiger partial charge in [-0.15, -0.1) is 11.3 Å². The number of hydrogen-bond acceptors (Lipinski definition) is 4. The lowest BCUT2D eigenvalue weighted by atomic mass is 9.97. The fraction of sp³-hybridized carbons (Fsp3) is 0.727. The molecule has 1 aromatic rings. The van der Waals surface area contributed by atoms with Gasteiger partial charge in [0, 0.05) is 17.0 Å². The Morgan fingerprint density at radius 2 is 2.33 bits per heavy atom. The molecule has 0 spiro atoms. The zero-order valence-electron chi connectivity index (χ0n) is 9.71. The average molecular weight is 228 g/mol. The molecular weight excluding hydrogens is 208 g/mol. The van der Waals surface area contributed by atoms with Crippen LogP contribution in [-0.2, 0) is 6.54 Å². The van der Waals surface area contributed by atoms with E-state index in [0.29, 0.717) is 0 Å². The summed E-state index contributed by atoms with van der Waals surface area (Å²) in [5.41, 5.74) is 2.79. The molecule has 0 saturated carbocycles. The number of rotatable bonds is 6. The normalized spacial score (nSPS) is 15.2. The molecule has 1 rings (SSSR count). The molecule has 0 aromatic carbocycles. The number of hydrogen-bond donors (Lipinski definition) is 2. The minimum Gasteiger partial charge on any atom is -0.394 e. The van der Waals surface area contributed by atoms with Crippen molar-refractivity contribution in [2.75, 3.05) is 6.61 Å². The minimum absolute atomic E-state index is 0.162. The number of thiazole rings is 1. The van der Waals surface area contributed by atoms with E-state index >= 15 is 0 Å². The highest BCUT2D eigenvalue weighted by atomic mass is 32.1. The molecule has 2 N–H and O–H groups in total. The Hall–Kier alpha value is -0.450. The fourth-order valence-electron chi connectivity index (χ4n) is 1.56. The Kier molecular flexibility index (Phi) is 4.70. The van der Waals surface area contributed by atoms with Crippen LogP contribution in [0.2, 0.25) is 0 Å². The molecule has 0 aliphatic carbocycles. The summed E-state index contributed by atoms with van der Waals surface area (Å²) in [6.07, 6.45) is 2.06. The van der Waals surface area contributed by atoms with Crippen LogP contribution in [0.25, 0.3) is 0 Å². The number of aryl methyl sites for hydroxylation is 1. The lowest BCUT2D eigenvalue weighted by molar-refractivity contribution is 0.163. The van der Waals surface area contributed by atoms with Crippen molar-refractivity contribution in [1.29, 1.82) is 0 Å². The van der Waals surface area contributed by atoms with Crippen LogP contribution in [0.1, 0.15) is 37.3 Å². The van der Waals surface area contributed by atoms with Crippen molar-refractivity contribution in [3.05, 3.63) is 16.1 Å². The van der Waals surface area contributed by atoms with Crippen molar-refractivity contribution < 1.29 is 5.11 Å². The molecule has 0 saturated heterocycles.